The van der Waals surface area contributed by atoms with Crippen molar-refractivity contribution in [3.05, 3.63) is 36.0 Å². The Balaban J connectivity index is 2.11. The number of hydrogen-bond donors (Lipinski definition) is 2. The molecule has 4 heteroatoms. The number of aromatic nitrogens is 1. The number of fused-ring (bicyclic) bond motifs is 1. The third-order valence-corrected chi connectivity index (χ3v) is 3.46. The maximum atomic E-state index is 12.0. The molecule has 20 heavy (non-hydrogen) atoms. The molecule has 0 bridgehead atoms. The molecule has 2 aromatic rings. The number of benzene rings is 1. The third-order valence-electron chi connectivity index (χ3n) is 3.46. The first-order valence-corrected chi connectivity index (χ1v) is 7.12. The van der Waals surface area contributed by atoms with Crippen molar-refractivity contribution in [1.82, 2.24) is 9.88 Å². The maximum absolute atomic E-state index is 12.0. The molecule has 108 valence electrons. The van der Waals surface area contributed by atoms with Crippen LogP contribution in [0.5, 0.6) is 0 Å². The van der Waals surface area contributed by atoms with Crippen LogP contribution >= 0.6 is 0 Å². The lowest BCUT2D eigenvalue weighted by molar-refractivity contribution is -0.122. The Morgan fingerprint density at radius 3 is 2.90 bits per heavy atom. The van der Waals surface area contributed by atoms with Crippen LogP contribution in [0, 0.1) is 0 Å². The Bertz CT molecular complexity index is 589. The molecule has 0 radical (unpaired) electrons. The fraction of sp³-hybridized carbons (Fsp3) is 0.438. The summed E-state index contributed by atoms with van der Waals surface area (Å²) in [5.74, 6) is 0.0258. The zero-order chi connectivity index (χ0) is 14.5. The van der Waals surface area contributed by atoms with Gasteiger partial charge in [0.1, 0.15) is 6.54 Å². The maximum Gasteiger partial charge on any atom is 0.240 e. The lowest BCUT2D eigenvalue weighted by Crippen LogP contribution is -2.34. The summed E-state index contributed by atoms with van der Waals surface area (Å²) < 4.78 is 1.92. The van der Waals surface area contributed by atoms with E-state index in [0.717, 1.165) is 29.3 Å². The Hall–Kier alpha value is -1.81. The summed E-state index contributed by atoms with van der Waals surface area (Å²) in [5.41, 5.74) is 1.84. The molecule has 1 heterocycles. The number of rotatable bonds is 6. The van der Waals surface area contributed by atoms with E-state index in [1.807, 2.05) is 42.0 Å². The molecule has 0 aliphatic carbocycles. The van der Waals surface area contributed by atoms with Crippen molar-refractivity contribution in [2.24, 2.45) is 0 Å². The highest BCUT2D eigenvalue weighted by Crippen LogP contribution is 2.17. The minimum absolute atomic E-state index is 0.0147. The van der Waals surface area contributed by atoms with Gasteiger partial charge in [0.15, 0.2) is 0 Å². The van der Waals surface area contributed by atoms with Crippen LogP contribution in [0.4, 0.5) is 0 Å². The van der Waals surface area contributed by atoms with Gasteiger partial charge in [-0.1, -0.05) is 25.5 Å². The van der Waals surface area contributed by atoms with Gasteiger partial charge in [0.05, 0.1) is 6.61 Å². The predicted octanol–water partition coefficient (Wildman–Crippen LogP) is 2.44. The smallest absolute Gasteiger partial charge is 0.240 e. The van der Waals surface area contributed by atoms with E-state index in [-0.39, 0.29) is 18.6 Å². The summed E-state index contributed by atoms with van der Waals surface area (Å²) in [6.45, 7) is 4.46. The van der Waals surface area contributed by atoms with Crippen molar-refractivity contribution in [3.8, 4) is 0 Å². The lowest BCUT2D eigenvalue weighted by Gasteiger charge is -2.13. The van der Waals surface area contributed by atoms with Gasteiger partial charge in [-0.3, -0.25) is 4.79 Å². The highest BCUT2D eigenvalue weighted by atomic mass is 16.3. The van der Waals surface area contributed by atoms with E-state index in [9.17, 15) is 9.90 Å². The molecule has 0 saturated carbocycles. The third kappa shape index (κ3) is 3.39. The molecule has 4 nitrogen and oxygen atoms in total. The molecule has 1 unspecified atom stereocenters. The zero-order valence-corrected chi connectivity index (χ0v) is 12.1. The average Bonchev–Trinajstić information content (AvgIpc) is 2.81. The van der Waals surface area contributed by atoms with Crippen molar-refractivity contribution >= 4 is 16.8 Å². The van der Waals surface area contributed by atoms with Gasteiger partial charge in [0, 0.05) is 17.8 Å². The summed E-state index contributed by atoms with van der Waals surface area (Å²) in [6, 6.07) is 7.99. The number of hydrogen-bond acceptors (Lipinski definition) is 2. The number of carbonyl (C=O) groups is 1. The molecule has 0 aliphatic heterocycles. The second-order valence-electron chi connectivity index (χ2n) is 5.25. The fourth-order valence-corrected chi connectivity index (χ4v) is 2.45. The van der Waals surface area contributed by atoms with Gasteiger partial charge in [-0.05, 0) is 36.4 Å². The van der Waals surface area contributed by atoms with Crippen LogP contribution in [-0.4, -0.2) is 21.6 Å². The van der Waals surface area contributed by atoms with E-state index in [0.29, 0.717) is 6.54 Å². The van der Waals surface area contributed by atoms with Gasteiger partial charge in [0.2, 0.25) is 5.91 Å². The van der Waals surface area contributed by atoms with Gasteiger partial charge < -0.3 is 15.0 Å². The van der Waals surface area contributed by atoms with Crippen LogP contribution in [0.25, 0.3) is 10.9 Å². The van der Waals surface area contributed by atoms with Crippen LogP contribution in [0.2, 0.25) is 0 Å². The van der Waals surface area contributed by atoms with Crippen molar-refractivity contribution in [2.45, 2.75) is 45.9 Å². The minimum atomic E-state index is 0.0147. The Kier molecular flexibility index (Phi) is 4.79. The topological polar surface area (TPSA) is 54.3 Å². The molecule has 1 aromatic carbocycles. The standard InChI is InChI=1S/C16H22N2O2/c1-3-4-12(2)17-16(20)10-18-8-7-14-6-5-13(11-19)9-15(14)18/h5-9,12,19H,3-4,10-11H2,1-2H3,(H,17,20). The van der Waals surface area contributed by atoms with Gasteiger partial charge >= 0.3 is 0 Å². The Morgan fingerprint density at radius 2 is 2.20 bits per heavy atom. The van der Waals surface area contributed by atoms with Gasteiger partial charge in [-0.25, -0.2) is 0 Å². The summed E-state index contributed by atoms with van der Waals surface area (Å²) in [6.07, 6.45) is 3.97. The van der Waals surface area contributed by atoms with Gasteiger partial charge in [-0.15, -0.1) is 0 Å². The largest absolute Gasteiger partial charge is 0.392 e. The first-order chi connectivity index (χ1) is 9.63. The molecule has 0 saturated heterocycles. The quantitative estimate of drug-likeness (QED) is 0.850. The molecule has 1 aromatic heterocycles. The summed E-state index contributed by atoms with van der Waals surface area (Å²) in [4.78, 5) is 12.0. The van der Waals surface area contributed by atoms with Crippen LogP contribution in [0.1, 0.15) is 32.3 Å². The number of aliphatic hydroxyl groups excluding tert-OH is 1. The summed E-state index contributed by atoms with van der Waals surface area (Å²) >= 11 is 0. The van der Waals surface area contributed by atoms with Crippen molar-refractivity contribution < 1.29 is 9.90 Å². The van der Waals surface area contributed by atoms with Gasteiger partial charge in [0.25, 0.3) is 0 Å². The van der Waals surface area contributed by atoms with Crippen molar-refractivity contribution in [1.29, 1.82) is 0 Å². The molecule has 1 amide bonds. The SMILES string of the molecule is CCCC(C)NC(=O)Cn1ccc2ccc(CO)cc21. The first kappa shape index (κ1) is 14.6. The van der Waals surface area contributed by atoms with E-state index < -0.39 is 0 Å². The summed E-state index contributed by atoms with van der Waals surface area (Å²) in [7, 11) is 0. The average molecular weight is 274 g/mol. The second kappa shape index (κ2) is 6.57. The molecule has 1 atom stereocenters. The number of nitrogens with one attached hydrogen (secondary N) is 1. The van der Waals surface area contributed by atoms with Crippen LogP contribution in [-0.2, 0) is 17.9 Å². The minimum Gasteiger partial charge on any atom is -0.392 e. The number of aliphatic hydroxyl groups is 1. The zero-order valence-electron chi connectivity index (χ0n) is 12.1. The van der Waals surface area contributed by atoms with E-state index in [1.54, 1.807) is 0 Å². The second-order valence-corrected chi connectivity index (χ2v) is 5.25. The first-order valence-electron chi connectivity index (χ1n) is 7.12. The Morgan fingerprint density at radius 1 is 1.40 bits per heavy atom. The molecular weight excluding hydrogens is 252 g/mol. The normalized spacial score (nSPS) is 12.6. The molecule has 2 rings (SSSR count). The molecule has 0 aliphatic rings. The number of amides is 1. The van der Waals surface area contributed by atoms with Gasteiger partial charge in [-0.2, -0.15) is 0 Å². The van der Waals surface area contributed by atoms with Crippen molar-refractivity contribution in [2.75, 3.05) is 0 Å². The predicted molar refractivity (Wildman–Crippen MR) is 80.4 cm³/mol. The lowest BCUT2D eigenvalue weighted by atomic mass is 10.2. The van der Waals surface area contributed by atoms with Crippen LogP contribution < -0.4 is 5.32 Å². The highest BCUT2D eigenvalue weighted by molar-refractivity contribution is 5.83. The van der Waals surface area contributed by atoms with E-state index in [4.69, 9.17) is 0 Å². The van der Waals surface area contributed by atoms with E-state index >= 15 is 0 Å². The molecular formula is C16H22N2O2. The van der Waals surface area contributed by atoms with Crippen LogP contribution in [0.3, 0.4) is 0 Å². The van der Waals surface area contributed by atoms with E-state index in [1.165, 1.54) is 0 Å². The number of carbonyl (C=O) groups excluding carboxylic acids is 1. The molecule has 0 spiro atoms. The molecule has 0 fully saturated rings. The Labute approximate surface area is 119 Å². The highest BCUT2D eigenvalue weighted by Gasteiger charge is 2.09. The number of nitrogens with zero attached hydrogens (tertiary/aromatic N) is 1. The molecule has 2 N–H and O–H groups in total. The van der Waals surface area contributed by atoms with Crippen molar-refractivity contribution in [3.63, 3.8) is 0 Å². The fourth-order valence-electron chi connectivity index (χ4n) is 2.45. The van der Waals surface area contributed by atoms with Crippen LogP contribution in [0.15, 0.2) is 30.5 Å². The monoisotopic (exact) mass is 274 g/mol. The van der Waals surface area contributed by atoms with E-state index in [2.05, 4.69) is 12.2 Å². The summed E-state index contributed by atoms with van der Waals surface area (Å²) in [5, 5.41) is 13.3.